The van der Waals surface area contributed by atoms with Crippen molar-refractivity contribution in [3.05, 3.63) is 18.0 Å². The number of aromatic nitrogens is 1. The predicted octanol–water partition coefficient (Wildman–Crippen LogP) is 1.11. The summed E-state index contributed by atoms with van der Waals surface area (Å²) in [7, 11) is -3.54. The molecule has 1 saturated heterocycles. The van der Waals surface area contributed by atoms with E-state index in [0.29, 0.717) is 24.9 Å². The standard InChI is InChI=1S/C14H22N2O4S/c1-10-9-20-11(2)6-16(10)21(18,19)14-5-13(8-17)15(7-14)12-3-4-12/h5,7,10-12,17H,3-4,6,8-9H2,1-2H3. The van der Waals surface area contributed by atoms with Crippen molar-refractivity contribution in [3.8, 4) is 0 Å². The molecule has 2 fully saturated rings. The Morgan fingerprint density at radius 1 is 1.38 bits per heavy atom. The van der Waals surface area contributed by atoms with Crippen LogP contribution >= 0.6 is 0 Å². The van der Waals surface area contributed by atoms with Crippen molar-refractivity contribution in [3.63, 3.8) is 0 Å². The molecular weight excluding hydrogens is 292 g/mol. The maximum atomic E-state index is 12.8. The molecule has 6 nitrogen and oxygen atoms in total. The number of ether oxygens (including phenoxy) is 1. The zero-order valence-electron chi connectivity index (χ0n) is 12.4. The second-order valence-electron chi connectivity index (χ2n) is 6.03. The van der Waals surface area contributed by atoms with Gasteiger partial charge in [-0.2, -0.15) is 4.31 Å². The fourth-order valence-corrected chi connectivity index (χ4v) is 4.54. The minimum atomic E-state index is -3.54. The van der Waals surface area contributed by atoms with Gasteiger partial charge in [0.1, 0.15) is 4.90 Å². The lowest BCUT2D eigenvalue weighted by Gasteiger charge is -2.35. The predicted molar refractivity (Wildman–Crippen MR) is 77.4 cm³/mol. The first-order valence-electron chi connectivity index (χ1n) is 7.38. The van der Waals surface area contributed by atoms with Crippen LogP contribution in [0.2, 0.25) is 0 Å². The molecular formula is C14H22N2O4S. The molecule has 0 amide bonds. The van der Waals surface area contributed by atoms with E-state index < -0.39 is 10.0 Å². The molecule has 3 rings (SSSR count). The molecule has 0 spiro atoms. The molecule has 1 saturated carbocycles. The first-order valence-corrected chi connectivity index (χ1v) is 8.82. The molecule has 1 aliphatic heterocycles. The highest BCUT2D eigenvalue weighted by molar-refractivity contribution is 7.89. The summed E-state index contributed by atoms with van der Waals surface area (Å²) in [5.74, 6) is 0. The van der Waals surface area contributed by atoms with Gasteiger partial charge in [0.15, 0.2) is 0 Å². The van der Waals surface area contributed by atoms with E-state index in [2.05, 4.69) is 0 Å². The molecule has 7 heteroatoms. The van der Waals surface area contributed by atoms with Gasteiger partial charge in [-0.15, -0.1) is 0 Å². The van der Waals surface area contributed by atoms with E-state index in [4.69, 9.17) is 4.74 Å². The highest BCUT2D eigenvalue weighted by Gasteiger charge is 2.36. The van der Waals surface area contributed by atoms with Crippen LogP contribution in [-0.2, 0) is 21.4 Å². The summed E-state index contributed by atoms with van der Waals surface area (Å²) in [6.45, 7) is 4.38. The molecule has 1 aromatic rings. The van der Waals surface area contributed by atoms with E-state index in [0.717, 1.165) is 12.8 Å². The van der Waals surface area contributed by atoms with E-state index in [1.165, 1.54) is 4.31 Å². The van der Waals surface area contributed by atoms with Crippen molar-refractivity contribution in [1.82, 2.24) is 8.87 Å². The van der Waals surface area contributed by atoms with Crippen molar-refractivity contribution < 1.29 is 18.3 Å². The summed E-state index contributed by atoms with van der Waals surface area (Å²) >= 11 is 0. The third kappa shape index (κ3) is 2.75. The summed E-state index contributed by atoms with van der Waals surface area (Å²) in [5.41, 5.74) is 0.671. The molecule has 1 N–H and O–H groups in total. The summed E-state index contributed by atoms with van der Waals surface area (Å²) in [4.78, 5) is 0.277. The van der Waals surface area contributed by atoms with E-state index in [1.807, 2.05) is 18.4 Å². The Morgan fingerprint density at radius 2 is 2.10 bits per heavy atom. The lowest BCUT2D eigenvalue weighted by Crippen LogP contribution is -2.49. The average Bonchev–Trinajstić information content (AvgIpc) is 3.20. The Kier molecular flexibility index (Phi) is 3.85. The van der Waals surface area contributed by atoms with Crippen LogP contribution in [0.4, 0.5) is 0 Å². The Balaban J connectivity index is 1.94. The number of rotatable bonds is 4. The maximum Gasteiger partial charge on any atom is 0.245 e. The Hall–Kier alpha value is -0.890. The first kappa shape index (κ1) is 15.0. The minimum absolute atomic E-state index is 0.0983. The number of hydrogen-bond donors (Lipinski definition) is 1. The quantitative estimate of drug-likeness (QED) is 0.904. The van der Waals surface area contributed by atoms with Crippen molar-refractivity contribution >= 4 is 10.0 Å². The summed E-state index contributed by atoms with van der Waals surface area (Å²) in [6.07, 6.45) is 3.67. The smallest absolute Gasteiger partial charge is 0.245 e. The lowest BCUT2D eigenvalue weighted by molar-refractivity contribution is -0.0170. The topological polar surface area (TPSA) is 71.8 Å². The van der Waals surface area contributed by atoms with E-state index in [1.54, 1.807) is 12.3 Å². The van der Waals surface area contributed by atoms with Crippen LogP contribution in [0.5, 0.6) is 0 Å². The van der Waals surface area contributed by atoms with Gasteiger partial charge >= 0.3 is 0 Å². The van der Waals surface area contributed by atoms with Crippen molar-refractivity contribution in [2.75, 3.05) is 13.2 Å². The van der Waals surface area contributed by atoms with E-state index in [-0.39, 0.29) is 23.6 Å². The SMILES string of the molecule is CC1CN(S(=O)(=O)c2cc(CO)n(C3CC3)c2)C(C)CO1. The van der Waals surface area contributed by atoms with Crippen LogP contribution in [0, 0.1) is 0 Å². The van der Waals surface area contributed by atoms with E-state index in [9.17, 15) is 13.5 Å². The third-order valence-corrected chi connectivity index (χ3v) is 6.11. The zero-order valence-corrected chi connectivity index (χ0v) is 13.2. The van der Waals surface area contributed by atoms with Gasteiger partial charge in [0.2, 0.25) is 10.0 Å². The molecule has 0 bridgehead atoms. The van der Waals surface area contributed by atoms with Gasteiger partial charge < -0.3 is 14.4 Å². The van der Waals surface area contributed by atoms with Crippen molar-refractivity contribution in [1.29, 1.82) is 0 Å². The van der Waals surface area contributed by atoms with Gasteiger partial charge in [-0.05, 0) is 32.8 Å². The number of sulfonamides is 1. The molecule has 1 aromatic heterocycles. The average molecular weight is 314 g/mol. The van der Waals surface area contributed by atoms with Crippen molar-refractivity contribution in [2.24, 2.45) is 0 Å². The molecule has 2 aliphatic rings. The molecule has 2 unspecified atom stereocenters. The van der Waals surface area contributed by atoms with Crippen molar-refractivity contribution in [2.45, 2.75) is 56.4 Å². The molecule has 1 aliphatic carbocycles. The van der Waals surface area contributed by atoms with Crippen LogP contribution in [-0.4, -0.2) is 47.7 Å². The highest BCUT2D eigenvalue weighted by Crippen LogP contribution is 2.38. The second-order valence-corrected chi connectivity index (χ2v) is 7.92. The van der Waals surface area contributed by atoms with Gasteiger partial charge in [-0.25, -0.2) is 8.42 Å². The zero-order chi connectivity index (χ0) is 15.2. The Morgan fingerprint density at radius 3 is 2.71 bits per heavy atom. The van der Waals surface area contributed by atoms with Crippen LogP contribution in [0.1, 0.15) is 38.4 Å². The van der Waals surface area contributed by atoms with E-state index >= 15 is 0 Å². The Bertz CT molecular complexity index is 621. The number of aliphatic hydroxyl groups is 1. The summed E-state index contributed by atoms with van der Waals surface area (Å²) in [5, 5.41) is 9.43. The fraction of sp³-hybridized carbons (Fsp3) is 0.714. The second kappa shape index (κ2) is 5.39. The van der Waals surface area contributed by atoms with Gasteiger partial charge in [0.05, 0.1) is 19.3 Å². The Labute approximate surface area is 125 Å². The molecule has 2 heterocycles. The molecule has 118 valence electrons. The number of nitrogens with zero attached hydrogens (tertiary/aromatic N) is 2. The van der Waals surface area contributed by atoms with Crippen LogP contribution in [0.15, 0.2) is 17.2 Å². The van der Waals surface area contributed by atoms with Gasteiger partial charge in [-0.3, -0.25) is 0 Å². The van der Waals surface area contributed by atoms with Gasteiger partial charge in [0.25, 0.3) is 0 Å². The number of morpholine rings is 1. The highest BCUT2D eigenvalue weighted by atomic mass is 32.2. The maximum absolute atomic E-state index is 12.8. The van der Waals surface area contributed by atoms with Gasteiger partial charge in [-0.1, -0.05) is 0 Å². The number of aliphatic hydroxyl groups excluding tert-OH is 1. The third-order valence-electron chi connectivity index (χ3n) is 4.17. The minimum Gasteiger partial charge on any atom is -0.390 e. The first-order chi connectivity index (χ1) is 9.93. The normalized spacial score (nSPS) is 28.0. The largest absolute Gasteiger partial charge is 0.390 e. The molecule has 0 radical (unpaired) electrons. The fourth-order valence-electron chi connectivity index (χ4n) is 2.80. The molecule has 0 aromatic carbocycles. The lowest BCUT2D eigenvalue weighted by atomic mass is 10.2. The van der Waals surface area contributed by atoms with Crippen LogP contribution in [0.3, 0.4) is 0 Å². The summed E-state index contributed by atoms with van der Waals surface area (Å²) in [6, 6.07) is 1.77. The molecule has 21 heavy (non-hydrogen) atoms. The summed E-state index contributed by atoms with van der Waals surface area (Å²) < 4.78 is 34.6. The van der Waals surface area contributed by atoms with Crippen LogP contribution < -0.4 is 0 Å². The van der Waals surface area contributed by atoms with Crippen LogP contribution in [0.25, 0.3) is 0 Å². The number of hydrogen-bond acceptors (Lipinski definition) is 4. The monoisotopic (exact) mass is 314 g/mol. The van der Waals surface area contributed by atoms with Gasteiger partial charge in [0, 0.05) is 30.5 Å². The molecule has 2 atom stereocenters.